The van der Waals surface area contributed by atoms with Gasteiger partial charge in [0.05, 0.1) is 10.6 Å². The third kappa shape index (κ3) is 4.17. The molecule has 3 rings (SSSR count). The molecule has 8 heteroatoms. The van der Waals surface area contributed by atoms with Gasteiger partial charge in [0, 0.05) is 17.3 Å². The van der Waals surface area contributed by atoms with Crippen LogP contribution in [0.25, 0.3) is 0 Å². The minimum atomic E-state index is -3.82. The van der Waals surface area contributed by atoms with Crippen molar-refractivity contribution in [3.63, 3.8) is 0 Å². The van der Waals surface area contributed by atoms with E-state index in [9.17, 15) is 22.0 Å². The zero-order valence-corrected chi connectivity index (χ0v) is 15.6. The van der Waals surface area contributed by atoms with Gasteiger partial charge in [0.2, 0.25) is 0 Å². The molecule has 0 spiro atoms. The van der Waals surface area contributed by atoms with E-state index in [2.05, 4.69) is 10.0 Å². The highest BCUT2D eigenvalue weighted by Gasteiger charge is 2.18. The van der Waals surface area contributed by atoms with Crippen molar-refractivity contribution in [2.75, 3.05) is 10.0 Å². The number of nitrogens with one attached hydrogen (secondary N) is 2. The van der Waals surface area contributed by atoms with Crippen molar-refractivity contribution in [2.24, 2.45) is 0 Å². The van der Waals surface area contributed by atoms with Crippen LogP contribution in [0.1, 0.15) is 15.9 Å². The molecule has 0 fully saturated rings. The number of amides is 1. The molecule has 5 nitrogen and oxygen atoms in total. The largest absolute Gasteiger partial charge is 0.322 e. The molecule has 0 radical (unpaired) electrons. The maximum Gasteiger partial charge on any atom is 0.261 e. The van der Waals surface area contributed by atoms with Crippen LogP contribution in [0.2, 0.25) is 0 Å². The average Bonchev–Trinajstić information content (AvgIpc) is 2.67. The first-order chi connectivity index (χ1) is 13.3. The van der Waals surface area contributed by atoms with Gasteiger partial charge >= 0.3 is 0 Å². The van der Waals surface area contributed by atoms with E-state index in [-0.39, 0.29) is 21.8 Å². The molecule has 0 saturated heterocycles. The molecule has 144 valence electrons. The van der Waals surface area contributed by atoms with Crippen molar-refractivity contribution >= 4 is 27.3 Å². The van der Waals surface area contributed by atoms with E-state index in [1.807, 2.05) is 0 Å². The van der Waals surface area contributed by atoms with Crippen LogP contribution in [0.3, 0.4) is 0 Å². The maximum absolute atomic E-state index is 13.3. The minimum absolute atomic E-state index is 0.0820. The van der Waals surface area contributed by atoms with Crippen LogP contribution in [-0.4, -0.2) is 14.3 Å². The van der Waals surface area contributed by atoms with Crippen LogP contribution in [0.5, 0.6) is 0 Å². The number of hydrogen-bond donors (Lipinski definition) is 2. The quantitative estimate of drug-likeness (QED) is 0.667. The number of rotatable bonds is 5. The summed E-state index contributed by atoms with van der Waals surface area (Å²) in [6, 6.07) is 15.4. The van der Waals surface area contributed by atoms with Gasteiger partial charge < -0.3 is 5.32 Å². The highest BCUT2D eigenvalue weighted by atomic mass is 32.2. The Bertz CT molecular complexity index is 1130. The van der Waals surface area contributed by atoms with Crippen molar-refractivity contribution in [3.05, 3.63) is 89.5 Å². The molecular weight excluding hydrogens is 386 g/mol. The highest BCUT2D eigenvalue weighted by molar-refractivity contribution is 7.92. The van der Waals surface area contributed by atoms with Crippen molar-refractivity contribution in [2.45, 2.75) is 11.8 Å². The van der Waals surface area contributed by atoms with Crippen molar-refractivity contribution in [1.82, 2.24) is 0 Å². The molecule has 0 aromatic heterocycles. The molecule has 3 aromatic rings. The van der Waals surface area contributed by atoms with E-state index in [0.717, 1.165) is 12.1 Å². The van der Waals surface area contributed by atoms with Gasteiger partial charge in [0.25, 0.3) is 15.9 Å². The summed E-state index contributed by atoms with van der Waals surface area (Å²) in [6.07, 6.45) is 0. The lowest BCUT2D eigenvalue weighted by Crippen LogP contribution is -2.17. The molecule has 0 saturated carbocycles. The number of halogens is 2. The predicted octanol–water partition coefficient (Wildman–Crippen LogP) is 4.33. The van der Waals surface area contributed by atoms with Gasteiger partial charge in [0.1, 0.15) is 0 Å². The van der Waals surface area contributed by atoms with Gasteiger partial charge in [-0.2, -0.15) is 0 Å². The Morgan fingerprint density at radius 1 is 0.893 bits per heavy atom. The minimum Gasteiger partial charge on any atom is -0.322 e. The van der Waals surface area contributed by atoms with Crippen molar-refractivity contribution < 1.29 is 22.0 Å². The monoisotopic (exact) mass is 402 g/mol. The summed E-state index contributed by atoms with van der Waals surface area (Å²) in [5.74, 6) is -2.69. The Kier molecular flexibility index (Phi) is 5.41. The Hall–Kier alpha value is -3.26. The summed E-state index contributed by atoms with van der Waals surface area (Å²) in [5, 5.41) is 2.47. The summed E-state index contributed by atoms with van der Waals surface area (Å²) in [5.41, 5.74) is 0.903. The smallest absolute Gasteiger partial charge is 0.261 e. The number of sulfonamides is 1. The summed E-state index contributed by atoms with van der Waals surface area (Å²) >= 11 is 0. The van der Waals surface area contributed by atoms with Crippen LogP contribution in [0.4, 0.5) is 20.2 Å². The van der Waals surface area contributed by atoms with Gasteiger partial charge in [-0.3, -0.25) is 9.52 Å². The SMILES string of the molecule is Cc1c(NS(=O)(=O)c2ccccc2)cccc1C(=O)Nc1ccc(F)c(F)c1. The molecule has 2 N–H and O–H groups in total. The molecular formula is C20H16F2N2O3S. The average molecular weight is 402 g/mol. The summed E-state index contributed by atoms with van der Waals surface area (Å²) < 4.78 is 53.8. The lowest BCUT2D eigenvalue weighted by atomic mass is 10.1. The van der Waals surface area contributed by atoms with Crippen molar-refractivity contribution in [1.29, 1.82) is 0 Å². The number of carbonyl (C=O) groups is 1. The maximum atomic E-state index is 13.3. The fourth-order valence-electron chi connectivity index (χ4n) is 2.57. The molecule has 28 heavy (non-hydrogen) atoms. The summed E-state index contributed by atoms with van der Waals surface area (Å²) in [6.45, 7) is 1.59. The Balaban J connectivity index is 1.86. The van der Waals surface area contributed by atoms with Crippen LogP contribution in [0, 0.1) is 18.6 Å². The van der Waals surface area contributed by atoms with Crippen molar-refractivity contribution in [3.8, 4) is 0 Å². The van der Waals surface area contributed by atoms with Gasteiger partial charge in [-0.1, -0.05) is 24.3 Å². The molecule has 0 aliphatic heterocycles. The normalized spacial score (nSPS) is 11.1. The van der Waals surface area contributed by atoms with Crippen LogP contribution < -0.4 is 10.0 Å². The third-order valence-electron chi connectivity index (χ3n) is 4.05. The highest BCUT2D eigenvalue weighted by Crippen LogP contribution is 2.24. The summed E-state index contributed by atoms with van der Waals surface area (Å²) in [7, 11) is -3.82. The number of hydrogen-bond acceptors (Lipinski definition) is 3. The second-order valence-corrected chi connectivity index (χ2v) is 7.66. The molecule has 0 heterocycles. The molecule has 3 aromatic carbocycles. The molecule has 0 aliphatic carbocycles. The summed E-state index contributed by atoms with van der Waals surface area (Å²) in [4.78, 5) is 12.6. The standard InChI is InChI=1S/C20H16F2N2O3S/c1-13-16(20(25)23-14-10-11-17(21)18(22)12-14)8-5-9-19(13)24-28(26,27)15-6-3-2-4-7-15/h2-12,24H,1H3,(H,23,25). The first-order valence-electron chi connectivity index (χ1n) is 8.22. The molecule has 0 unspecified atom stereocenters. The van der Waals surface area contributed by atoms with Gasteiger partial charge in [-0.25, -0.2) is 17.2 Å². The zero-order chi connectivity index (χ0) is 20.3. The molecule has 0 bridgehead atoms. The molecule has 1 amide bonds. The van der Waals surface area contributed by atoms with E-state index >= 15 is 0 Å². The predicted molar refractivity (Wildman–Crippen MR) is 103 cm³/mol. The van der Waals surface area contributed by atoms with Crippen LogP contribution in [0.15, 0.2) is 71.6 Å². The van der Waals surface area contributed by atoms with Crippen LogP contribution in [-0.2, 0) is 10.0 Å². The van der Waals surface area contributed by atoms with Gasteiger partial charge in [-0.15, -0.1) is 0 Å². The van der Waals surface area contributed by atoms with E-state index in [1.54, 1.807) is 25.1 Å². The lowest BCUT2D eigenvalue weighted by molar-refractivity contribution is 0.102. The Labute approximate surface area is 161 Å². The lowest BCUT2D eigenvalue weighted by Gasteiger charge is -2.14. The van der Waals surface area contributed by atoms with E-state index < -0.39 is 27.6 Å². The first kappa shape index (κ1) is 19.5. The fraction of sp³-hybridized carbons (Fsp3) is 0.0500. The Morgan fingerprint density at radius 2 is 1.61 bits per heavy atom. The van der Waals surface area contributed by atoms with E-state index in [0.29, 0.717) is 5.56 Å². The van der Waals surface area contributed by atoms with Gasteiger partial charge in [-0.05, 0) is 48.9 Å². The Morgan fingerprint density at radius 3 is 2.29 bits per heavy atom. The second kappa shape index (κ2) is 7.77. The van der Waals surface area contributed by atoms with E-state index in [4.69, 9.17) is 0 Å². The van der Waals surface area contributed by atoms with E-state index in [1.165, 1.54) is 36.4 Å². The first-order valence-corrected chi connectivity index (χ1v) is 9.70. The number of anilines is 2. The topological polar surface area (TPSA) is 75.3 Å². The molecule has 0 atom stereocenters. The number of carbonyl (C=O) groups excluding carboxylic acids is 1. The molecule has 0 aliphatic rings. The second-order valence-electron chi connectivity index (χ2n) is 5.98. The third-order valence-corrected chi connectivity index (χ3v) is 5.44. The van der Waals surface area contributed by atoms with Gasteiger partial charge in [0.15, 0.2) is 11.6 Å². The number of benzene rings is 3. The fourth-order valence-corrected chi connectivity index (χ4v) is 3.71. The van der Waals surface area contributed by atoms with Crippen LogP contribution >= 0.6 is 0 Å². The zero-order valence-electron chi connectivity index (χ0n) is 14.7.